The van der Waals surface area contributed by atoms with Gasteiger partial charge in [-0.15, -0.1) is 0 Å². The lowest BCUT2D eigenvalue weighted by atomic mass is 9.67. The van der Waals surface area contributed by atoms with Crippen molar-refractivity contribution in [2.75, 3.05) is 4.90 Å². The monoisotopic (exact) mass is 1010 g/mol. The van der Waals surface area contributed by atoms with Gasteiger partial charge in [-0.2, -0.15) is 0 Å². The van der Waals surface area contributed by atoms with E-state index in [4.69, 9.17) is 0 Å². The zero-order valence-corrected chi connectivity index (χ0v) is 44.1. The van der Waals surface area contributed by atoms with Crippen molar-refractivity contribution in [3.8, 4) is 50.2 Å². The molecule has 0 unspecified atom stereocenters. The molecule has 0 N–H and O–H groups in total. The van der Waals surface area contributed by atoms with Crippen LogP contribution in [0.1, 0.15) is 65.8 Å². The van der Waals surface area contributed by atoms with Crippen molar-refractivity contribution in [1.29, 1.82) is 0 Å². The van der Waals surface area contributed by atoms with Gasteiger partial charge in [0.05, 0.1) is 22.1 Å². The highest BCUT2D eigenvalue weighted by Gasteiger charge is 2.46. The van der Waals surface area contributed by atoms with E-state index >= 15 is 0 Å². The SMILES string of the molecule is c1ccc(-n2c3ccccc3c3ccc(-c4cccc(N(c5ccc(-c6cccc7c6-c6ccccc6C7(c6ccccc6)c6ccccc6)cc5)c5ccccc5-c5cccc6cccc(C7CCCCC7)c56)c4)cc32)cc1. The largest absolute Gasteiger partial charge is 0.310 e. The van der Waals surface area contributed by atoms with Crippen LogP contribution in [0.25, 0.3) is 82.8 Å². The Morgan fingerprint density at radius 3 is 1.73 bits per heavy atom. The maximum atomic E-state index is 2.50. The van der Waals surface area contributed by atoms with Crippen molar-refractivity contribution in [1.82, 2.24) is 4.57 Å². The quantitative estimate of drug-likeness (QED) is 0.133. The molecular weight excluding hydrogens is 953 g/mol. The maximum absolute atomic E-state index is 2.50. The lowest BCUT2D eigenvalue weighted by molar-refractivity contribution is 0.445. The van der Waals surface area contributed by atoms with Crippen LogP contribution >= 0.6 is 0 Å². The van der Waals surface area contributed by atoms with Gasteiger partial charge in [-0.25, -0.2) is 0 Å². The van der Waals surface area contributed by atoms with Gasteiger partial charge in [0.2, 0.25) is 0 Å². The second-order valence-corrected chi connectivity index (χ2v) is 21.7. The minimum absolute atomic E-state index is 0.475. The predicted octanol–water partition coefficient (Wildman–Crippen LogP) is 20.8. The van der Waals surface area contributed by atoms with E-state index in [2.05, 4.69) is 295 Å². The predicted molar refractivity (Wildman–Crippen MR) is 332 cm³/mol. The number of hydrogen-bond acceptors (Lipinski definition) is 1. The number of rotatable bonds is 10. The zero-order chi connectivity index (χ0) is 52.3. The molecule has 1 heterocycles. The minimum Gasteiger partial charge on any atom is -0.310 e. The van der Waals surface area contributed by atoms with Gasteiger partial charge in [0.1, 0.15) is 0 Å². The number of benzene rings is 12. The fourth-order valence-electron chi connectivity index (χ4n) is 14.0. The highest BCUT2D eigenvalue weighted by Crippen LogP contribution is 2.58. The first-order valence-electron chi connectivity index (χ1n) is 28.3. The molecule has 0 saturated heterocycles. The van der Waals surface area contributed by atoms with E-state index in [1.54, 1.807) is 0 Å². The van der Waals surface area contributed by atoms with Crippen LogP contribution in [0, 0.1) is 0 Å². The zero-order valence-electron chi connectivity index (χ0n) is 44.1. The normalized spacial score (nSPS) is 13.9. The molecule has 2 heteroatoms. The molecule has 376 valence electrons. The van der Waals surface area contributed by atoms with Crippen molar-refractivity contribution in [3.05, 3.63) is 313 Å². The molecule has 2 aliphatic carbocycles. The molecule has 0 radical (unpaired) electrons. The Bertz CT molecular complexity index is 4350. The summed E-state index contributed by atoms with van der Waals surface area (Å²) in [6.07, 6.45) is 6.40. The Morgan fingerprint density at radius 2 is 0.949 bits per heavy atom. The molecule has 79 heavy (non-hydrogen) atoms. The van der Waals surface area contributed by atoms with Gasteiger partial charge in [-0.1, -0.05) is 250 Å². The average Bonchev–Trinajstić information content (AvgIpc) is 4.17. The Morgan fingerprint density at radius 1 is 0.367 bits per heavy atom. The van der Waals surface area contributed by atoms with Crippen LogP contribution in [0.3, 0.4) is 0 Å². The third-order valence-corrected chi connectivity index (χ3v) is 17.5. The lowest BCUT2D eigenvalue weighted by Gasteiger charge is -2.34. The maximum Gasteiger partial charge on any atom is 0.0713 e. The summed E-state index contributed by atoms with van der Waals surface area (Å²) in [5.41, 5.74) is 22.9. The Kier molecular flexibility index (Phi) is 11.5. The molecule has 0 amide bonds. The highest BCUT2D eigenvalue weighted by atomic mass is 15.1. The number of hydrogen-bond donors (Lipinski definition) is 0. The molecule has 2 nitrogen and oxygen atoms in total. The molecule has 1 aromatic heterocycles. The summed E-state index contributed by atoms with van der Waals surface area (Å²) < 4.78 is 2.41. The van der Waals surface area contributed by atoms with Crippen molar-refractivity contribution >= 4 is 49.6 Å². The van der Waals surface area contributed by atoms with Crippen molar-refractivity contribution in [3.63, 3.8) is 0 Å². The van der Waals surface area contributed by atoms with Gasteiger partial charge in [-0.05, 0) is 151 Å². The molecule has 0 aliphatic heterocycles. The summed E-state index contributed by atoms with van der Waals surface area (Å²) >= 11 is 0. The summed E-state index contributed by atoms with van der Waals surface area (Å²) in [4.78, 5) is 2.50. The van der Waals surface area contributed by atoms with Crippen LogP contribution in [-0.2, 0) is 5.41 Å². The van der Waals surface area contributed by atoms with Gasteiger partial charge in [-0.3, -0.25) is 0 Å². The standard InChI is InChI=1S/C77H58N2/c1-5-23-53(24-6-1)63-38-20-25-55-26-21-40-68(75(55)63)66-36-15-17-43-72(66)78(62-34-19-27-56(51-62)57-47-50-67-65-35-14-18-44-73(65)79(74(67)52-57)60-32-11-4-12-33-60)61-48-45-54(46-49-61)64-39-22-42-71-76(64)69-37-13-16-41-70(69)77(71,58-28-7-2-8-29-58)59-30-9-3-10-31-59/h2-4,7-22,25-53H,1,5-6,23-24H2. The lowest BCUT2D eigenvalue weighted by Crippen LogP contribution is -2.28. The molecular formula is C77H58N2. The van der Waals surface area contributed by atoms with Gasteiger partial charge < -0.3 is 9.47 Å². The van der Waals surface area contributed by atoms with Crippen molar-refractivity contribution in [2.45, 2.75) is 43.4 Å². The van der Waals surface area contributed by atoms with E-state index in [-0.39, 0.29) is 0 Å². The number of anilines is 3. The first-order valence-corrected chi connectivity index (χ1v) is 28.3. The second-order valence-electron chi connectivity index (χ2n) is 21.7. The second kappa shape index (κ2) is 19.5. The third-order valence-electron chi connectivity index (χ3n) is 17.5. The smallest absolute Gasteiger partial charge is 0.0713 e. The van der Waals surface area contributed by atoms with Gasteiger partial charge in [0.25, 0.3) is 0 Å². The van der Waals surface area contributed by atoms with Gasteiger partial charge >= 0.3 is 0 Å². The minimum atomic E-state index is -0.475. The third kappa shape index (κ3) is 7.69. The van der Waals surface area contributed by atoms with Crippen LogP contribution in [-0.4, -0.2) is 4.57 Å². The van der Waals surface area contributed by atoms with Crippen LogP contribution < -0.4 is 4.90 Å². The number of aromatic nitrogens is 1. The average molecular weight is 1010 g/mol. The Balaban J connectivity index is 0.912. The topological polar surface area (TPSA) is 8.17 Å². The van der Waals surface area contributed by atoms with Crippen LogP contribution in [0.15, 0.2) is 285 Å². The van der Waals surface area contributed by atoms with E-state index in [0.29, 0.717) is 5.92 Å². The molecule has 2 aliphatic rings. The Labute approximate surface area is 463 Å². The number of para-hydroxylation sites is 3. The van der Waals surface area contributed by atoms with E-state index in [9.17, 15) is 0 Å². The van der Waals surface area contributed by atoms with Crippen molar-refractivity contribution < 1.29 is 0 Å². The van der Waals surface area contributed by atoms with Gasteiger partial charge in [0, 0.05) is 33.4 Å². The molecule has 1 saturated carbocycles. The first kappa shape index (κ1) is 46.8. The Hall–Kier alpha value is -9.50. The molecule has 0 spiro atoms. The van der Waals surface area contributed by atoms with Crippen molar-refractivity contribution in [2.24, 2.45) is 0 Å². The summed E-state index contributed by atoms with van der Waals surface area (Å²) in [5.74, 6) is 0.556. The van der Waals surface area contributed by atoms with E-state index in [1.807, 2.05) is 0 Å². The van der Waals surface area contributed by atoms with Crippen LogP contribution in [0.2, 0.25) is 0 Å². The number of fused-ring (bicyclic) bond motifs is 7. The highest BCUT2D eigenvalue weighted by molar-refractivity contribution is 6.10. The number of nitrogens with zero attached hydrogens (tertiary/aromatic N) is 2. The van der Waals surface area contributed by atoms with E-state index in [0.717, 1.165) is 28.3 Å². The summed E-state index contributed by atoms with van der Waals surface area (Å²) in [6, 6.07) is 106. The molecule has 0 atom stereocenters. The molecule has 15 rings (SSSR count). The van der Waals surface area contributed by atoms with E-state index in [1.165, 1.54) is 131 Å². The first-order chi connectivity index (χ1) is 39.2. The fourth-order valence-corrected chi connectivity index (χ4v) is 14.0. The molecule has 1 fully saturated rings. The van der Waals surface area contributed by atoms with E-state index < -0.39 is 5.41 Å². The summed E-state index contributed by atoms with van der Waals surface area (Å²) in [7, 11) is 0. The summed E-state index contributed by atoms with van der Waals surface area (Å²) in [5, 5.41) is 5.19. The molecule has 0 bridgehead atoms. The van der Waals surface area contributed by atoms with Crippen LogP contribution in [0.5, 0.6) is 0 Å². The van der Waals surface area contributed by atoms with Gasteiger partial charge in [0.15, 0.2) is 0 Å². The fraction of sp³-hybridized carbons (Fsp3) is 0.0909. The molecule has 13 aromatic rings. The molecule has 12 aromatic carbocycles. The van der Waals surface area contributed by atoms with Crippen LogP contribution in [0.4, 0.5) is 17.1 Å². The summed E-state index contributed by atoms with van der Waals surface area (Å²) in [6.45, 7) is 0.